The van der Waals surface area contributed by atoms with Gasteiger partial charge in [0.15, 0.2) is 11.5 Å². The number of nitrogens with one attached hydrogen (secondary N) is 1. The molecular weight excluding hydrogens is 657 g/mol. The number of aromatic nitrogens is 3. The first-order valence-electron chi connectivity index (χ1n) is 15.4. The predicted molar refractivity (Wildman–Crippen MR) is 178 cm³/mol. The zero-order chi connectivity index (χ0) is 34.8. The number of imide groups is 1. The number of nitrogens with zero attached hydrogens (tertiary/aromatic N) is 4. The second-order valence-electron chi connectivity index (χ2n) is 12.1. The minimum Gasteiger partial charge on any atom is -0.502 e. The van der Waals surface area contributed by atoms with Crippen LogP contribution in [0.25, 0.3) is 6.08 Å². The quantitative estimate of drug-likeness (QED) is 0.220. The first kappa shape index (κ1) is 32.0. The second-order valence-corrected chi connectivity index (χ2v) is 12.6. The highest BCUT2D eigenvalue weighted by Crippen LogP contribution is 2.59. The summed E-state index contributed by atoms with van der Waals surface area (Å²) in [5.41, 5.74) is 2.35. The molecule has 3 aliphatic rings. The average Bonchev–Trinajstić information content (AvgIpc) is 3.45. The number of aromatic hydroxyl groups is 1. The van der Waals surface area contributed by atoms with E-state index in [2.05, 4.69) is 5.43 Å². The molecular formula is C35H31ClFN5O7. The van der Waals surface area contributed by atoms with E-state index >= 15 is 4.79 Å². The summed E-state index contributed by atoms with van der Waals surface area (Å²) in [6.07, 6.45) is 5.38. The van der Waals surface area contributed by atoms with Gasteiger partial charge < -0.3 is 14.6 Å². The number of benzene rings is 3. The van der Waals surface area contributed by atoms with E-state index < -0.39 is 52.3 Å². The zero-order valence-corrected chi connectivity index (χ0v) is 27.3. The molecule has 3 aromatic carbocycles. The molecule has 252 valence electrons. The van der Waals surface area contributed by atoms with Crippen LogP contribution < -0.4 is 26.3 Å². The van der Waals surface area contributed by atoms with E-state index in [4.69, 9.17) is 21.1 Å². The third kappa shape index (κ3) is 4.78. The van der Waals surface area contributed by atoms with Crippen molar-refractivity contribution in [1.82, 2.24) is 18.9 Å². The van der Waals surface area contributed by atoms with Crippen LogP contribution in [0.3, 0.4) is 0 Å². The molecule has 1 aromatic heterocycles. The number of hydrogen-bond donors (Lipinski definition) is 2. The van der Waals surface area contributed by atoms with Crippen LogP contribution in [0, 0.1) is 17.7 Å². The van der Waals surface area contributed by atoms with Gasteiger partial charge in [-0.2, -0.15) is 5.01 Å². The van der Waals surface area contributed by atoms with Crippen molar-refractivity contribution in [2.75, 3.05) is 19.6 Å². The number of anilines is 1. The number of phenolic OH excluding ortho intramolecular Hbond substituents is 1. The van der Waals surface area contributed by atoms with Gasteiger partial charge in [0.2, 0.25) is 5.75 Å². The number of phenols is 1. The number of hydrogen-bond acceptors (Lipinski definition) is 8. The minimum atomic E-state index is -1.54. The normalized spacial score (nSPS) is 22.8. The molecule has 1 saturated heterocycles. The number of allylic oxidation sites excluding steroid dienone is 3. The Hall–Kier alpha value is -5.56. The van der Waals surface area contributed by atoms with Gasteiger partial charge in [0.05, 0.1) is 43.8 Å². The van der Waals surface area contributed by atoms with Crippen molar-refractivity contribution < 1.29 is 28.6 Å². The molecule has 1 aliphatic carbocycles. The molecule has 0 unspecified atom stereocenters. The number of amides is 2. The molecule has 49 heavy (non-hydrogen) atoms. The summed E-state index contributed by atoms with van der Waals surface area (Å²) in [4.78, 5) is 56.0. The molecule has 7 rings (SSSR count). The Balaban J connectivity index is 1.46. The number of fused-ring (bicyclic) bond motifs is 4. The van der Waals surface area contributed by atoms with E-state index in [-0.39, 0.29) is 30.2 Å². The van der Waals surface area contributed by atoms with Crippen LogP contribution in [-0.2, 0) is 28.6 Å². The summed E-state index contributed by atoms with van der Waals surface area (Å²) in [5.74, 6) is -3.34. The molecule has 2 fully saturated rings. The van der Waals surface area contributed by atoms with Crippen LogP contribution >= 0.6 is 11.6 Å². The standard InChI is InChI=1S/C35H31ClFN5O7/c1-39-33(46)40-15-14-24-25(13-4-19-16-28(48-2)30(43)29(17-19)49-3)35(20-5-7-21(36)8-6-20)26(18-27(24)42(40)34(39)47)31(44)41(32(35)45)38-23-11-9-22(37)10-12-23/h4-14,16-17,25-27,38,43H,15,18H2,1-3H3/t25-,26-,27+,35-/m0/s1. The van der Waals surface area contributed by atoms with Gasteiger partial charge in [0.25, 0.3) is 11.8 Å². The number of rotatable bonds is 7. The van der Waals surface area contributed by atoms with E-state index in [1.54, 1.807) is 48.6 Å². The summed E-state index contributed by atoms with van der Waals surface area (Å²) in [5, 5.41) is 11.9. The molecule has 3 heterocycles. The van der Waals surface area contributed by atoms with Crippen molar-refractivity contribution in [2.24, 2.45) is 18.9 Å². The summed E-state index contributed by atoms with van der Waals surface area (Å²) >= 11 is 6.31. The van der Waals surface area contributed by atoms with Gasteiger partial charge in [-0.25, -0.2) is 27.9 Å². The van der Waals surface area contributed by atoms with Crippen molar-refractivity contribution in [3.8, 4) is 17.2 Å². The summed E-state index contributed by atoms with van der Waals surface area (Å²) in [7, 11) is 4.21. The Morgan fingerprint density at radius 3 is 2.27 bits per heavy atom. The second kappa shape index (κ2) is 11.8. The van der Waals surface area contributed by atoms with E-state index in [9.17, 15) is 23.9 Å². The summed E-state index contributed by atoms with van der Waals surface area (Å²) < 4.78 is 28.2. The van der Waals surface area contributed by atoms with Gasteiger partial charge in [-0.1, -0.05) is 42.0 Å². The molecule has 14 heteroatoms. The van der Waals surface area contributed by atoms with Gasteiger partial charge in [-0.15, -0.1) is 0 Å². The van der Waals surface area contributed by atoms with E-state index in [1.165, 1.54) is 54.9 Å². The summed E-state index contributed by atoms with van der Waals surface area (Å²) in [6, 6.07) is 14.4. The van der Waals surface area contributed by atoms with Crippen molar-refractivity contribution in [2.45, 2.75) is 24.4 Å². The number of methoxy groups -OCH3 is 2. The number of hydrazine groups is 1. The van der Waals surface area contributed by atoms with E-state index in [1.807, 2.05) is 6.08 Å². The van der Waals surface area contributed by atoms with Crippen molar-refractivity contribution in [3.05, 3.63) is 121 Å². The third-order valence-corrected chi connectivity index (χ3v) is 10.0. The highest BCUT2D eigenvalue weighted by molar-refractivity contribution is 6.30. The van der Waals surface area contributed by atoms with Crippen LogP contribution in [-0.4, -0.2) is 50.1 Å². The maximum absolute atomic E-state index is 15.0. The van der Waals surface area contributed by atoms with Crippen LogP contribution in [0.15, 0.2) is 88.0 Å². The maximum atomic E-state index is 15.0. The fraction of sp³-hybridized carbons (Fsp3) is 0.257. The Morgan fingerprint density at radius 1 is 0.980 bits per heavy atom. The highest BCUT2D eigenvalue weighted by Gasteiger charge is 2.68. The molecule has 1 saturated carbocycles. The van der Waals surface area contributed by atoms with Crippen molar-refractivity contribution in [1.29, 1.82) is 0 Å². The Bertz CT molecular complexity index is 2160. The topological polar surface area (TPSA) is 137 Å². The van der Waals surface area contributed by atoms with Crippen LogP contribution in [0.2, 0.25) is 5.02 Å². The van der Waals surface area contributed by atoms with Crippen LogP contribution in [0.5, 0.6) is 17.2 Å². The van der Waals surface area contributed by atoms with Gasteiger partial charge in [0, 0.05) is 18.0 Å². The molecule has 12 nitrogen and oxygen atoms in total. The lowest BCUT2D eigenvalue weighted by atomic mass is 9.54. The van der Waals surface area contributed by atoms with Gasteiger partial charge in [-0.3, -0.25) is 15.0 Å². The monoisotopic (exact) mass is 687 g/mol. The van der Waals surface area contributed by atoms with Crippen molar-refractivity contribution in [3.63, 3.8) is 0 Å². The fourth-order valence-electron chi connectivity index (χ4n) is 7.49. The van der Waals surface area contributed by atoms with Crippen LogP contribution in [0.1, 0.15) is 23.6 Å². The Morgan fingerprint density at radius 2 is 1.63 bits per heavy atom. The lowest BCUT2D eigenvalue weighted by molar-refractivity contribution is -0.138. The van der Waals surface area contributed by atoms with Gasteiger partial charge in [-0.05, 0) is 71.7 Å². The first-order chi connectivity index (χ1) is 23.5. The Kier molecular flexibility index (Phi) is 7.74. The lowest BCUT2D eigenvalue weighted by Crippen LogP contribution is -2.54. The molecule has 2 N–H and O–H groups in total. The van der Waals surface area contributed by atoms with Gasteiger partial charge >= 0.3 is 11.4 Å². The Labute approximate surface area is 283 Å². The van der Waals surface area contributed by atoms with Gasteiger partial charge in [0.1, 0.15) is 5.82 Å². The smallest absolute Gasteiger partial charge is 0.347 e. The molecule has 4 aromatic rings. The zero-order valence-electron chi connectivity index (χ0n) is 26.6. The molecule has 0 spiro atoms. The average molecular weight is 688 g/mol. The van der Waals surface area contributed by atoms with Crippen LogP contribution in [0.4, 0.5) is 10.1 Å². The number of ether oxygens (including phenoxy) is 2. The lowest BCUT2D eigenvalue weighted by Gasteiger charge is -2.47. The van der Waals surface area contributed by atoms with E-state index in [0.717, 1.165) is 9.58 Å². The molecule has 2 aliphatic heterocycles. The maximum Gasteiger partial charge on any atom is 0.347 e. The predicted octanol–water partition coefficient (Wildman–Crippen LogP) is 4.03. The number of halogens is 2. The summed E-state index contributed by atoms with van der Waals surface area (Å²) in [6.45, 7) is 0.0625. The minimum absolute atomic E-state index is 0.0230. The highest BCUT2D eigenvalue weighted by atomic mass is 35.5. The largest absolute Gasteiger partial charge is 0.502 e. The third-order valence-electron chi connectivity index (χ3n) is 9.75. The molecule has 0 radical (unpaired) electrons. The SMILES string of the molecule is COc1cc(C=C[C@H]2C3=CCn4c(=O)n(C)c(=O)n4[C@@H]3C[C@H]3C(=O)N(Nc4ccc(F)cc4)C(=O)[C@@]23c2ccc(Cl)cc2)cc(OC)c1O. The molecule has 0 bridgehead atoms. The molecule has 4 atom stereocenters. The molecule has 2 amide bonds. The first-order valence-corrected chi connectivity index (χ1v) is 15.8. The van der Waals surface area contributed by atoms with E-state index in [0.29, 0.717) is 27.4 Å². The fourth-order valence-corrected chi connectivity index (χ4v) is 7.61. The number of carbonyl (C=O) groups excluding carboxylic acids is 2. The number of carbonyl (C=O) groups is 2. The van der Waals surface area contributed by atoms with Crippen molar-refractivity contribution >= 4 is 35.2 Å².